The quantitative estimate of drug-likeness (QED) is 0.673. The van der Waals surface area contributed by atoms with Gasteiger partial charge in [-0.3, -0.25) is 14.5 Å². The van der Waals surface area contributed by atoms with Crippen LogP contribution in [-0.4, -0.2) is 29.9 Å². The molecular weight excluding hydrogens is 396 g/mol. The molecule has 0 bridgehead atoms. The summed E-state index contributed by atoms with van der Waals surface area (Å²) in [5, 5.41) is 2.97. The lowest BCUT2D eigenvalue weighted by molar-refractivity contribution is 0.103. The number of nitrogens with one attached hydrogen (secondary N) is 2. The summed E-state index contributed by atoms with van der Waals surface area (Å²) in [5.41, 5.74) is 1.90. The van der Waals surface area contributed by atoms with Crippen LogP contribution in [0.1, 0.15) is 9.67 Å². The third-order valence-electron chi connectivity index (χ3n) is 3.12. The van der Waals surface area contributed by atoms with E-state index in [9.17, 15) is 13.2 Å². The summed E-state index contributed by atoms with van der Waals surface area (Å²) < 4.78 is 29.3. The van der Waals surface area contributed by atoms with E-state index < -0.39 is 10.0 Å². The summed E-state index contributed by atoms with van der Waals surface area (Å²) >= 11 is 7.03. The fraction of sp³-hybridized carbons (Fsp3) is 0.0625. The molecule has 0 aliphatic rings. The van der Waals surface area contributed by atoms with Crippen LogP contribution in [0.15, 0.2) is 48.7 Å². The second kappa shape index (κ2) is 7.40. The van der Waals surface area contributed by atoms with Gasteiger partial charge < -0.3 is 5.32 Å². The number of amides is 1. The third kappa shape index (κ3) is 4.78. The first-order valence-electron chi connectivity index (χ1n) is 7.28. The van der Waals surface area contributed by atoms with Crippen molar-refractivity contribution in [3.05, 3.63) is 58.6 Å². The van der Waals surface area contributed by atoms with Gasteiger partial charge in [0.25, 0.3) is 5.91 Å². The Morgan fingerprint density at radius 3 is 2.58 bits per heavy atom. The van der Waals surface area contributed by atoms with Crippen LogP contribution in [0.5, 0.6) is 0 Å². The van der Waals surface area contributed by atoms with Gasteiger partial charge in [0, 0.05) is 16.9 Å². The molecule has 0 atom stereocenters. The molecule has 0 saturated carbocycles. The van der Waals surface area contributed by atoms with Crippen molar-refractivity contribution < 1.29 is 13.2 Å². The molecule has 2 N–H and O–H groups in total. The van der Waals surface area contributed by atoms with Gasteiger partial charge in [0.2, 0.25) is 10.0 Å². The van der Waals surface area contributed by atoms with Crippen molar-refractivity contribution in [2.75, 3.05) is 16.3 Å². The molecule has 0 spiro atoms. The molecule has 3 rings (SSSR count). The van der Waals surface area contributed by atoms with Crippen LogP contribution in [0, 0.1) is 0 Å². The zero-order valence-corrected chi connectivity index (χ0v) is 15.8. The molecule has 7 nitrogen and oxygen atoms in total. The summed E-state index contributed by atoms with van der Waals surface area (Å²) in [6.45, 7) is 0. The van der Waals surface area contributed by atoms with E-state index in [0.29, 0.717) is 22.0 Å². The van der Waals surface area contributed by atoms with Crippen molar-refractivity contribution in [2.45, 2.75) is 0 Å². The molecule has 2 aromatic heterocycles. The van der Waals surface area contributed by atoms with Gasteiger partial charge in [0.1, 0.15) is 10.6 Å². The first-order valence-corrected chi connectivity index (χ1v) is 10.3. The molecular formula is C16H13ClN4O3S2. The van der Waals surface area contributed by atoms with E-state index >= 15 is 0 Å². The Kier molecular flexibility index (Phi) is 5.21. The van der Waals surface area contributed by atoms with Crippen LogP contribution in [0.25, 0.3) is 11.4 Å². The predicted octanol–water partition coefficient (Wildman–Crippen LogP) is 3.48. The Morgan fingerprint density at radius 1 is 1.12 bits per heavy atom. The van der Waals surface area contributed by atoms with Crippen molar-refractivity contribution in [1.82, 2.24) is 9.36 Å². The Balaban J connectivity index is 1.79. The molecule has 1 aromatic carbocycles. The number of rotatable bonds is 5. The lowest BCUT2D eigenvalue weighted by Gasteiger charge is -2.08. The Labute approximate surface area is 159 Å². The van der Waals surface area contributed by atoms with E-state index in [1.54, 1.807) is 24.4 Å². The number of aromatic nitrogens is 2. The number of sulfonamides is 1. The van der Waals surface area contributed by atoms with E-state index in [1.165, 1.54) is 18.2 Å². The topological polar surface area (TPSA) is 101 Å². The van der Waals surface area contributed by atoms with Crippen LogP contribution in [0.4, 0.5) is 11.4 Å². The van der Waals surface area contributed by atoms with Crippen molar-refractivity contribution in [3.63, 3.8) is 0 Å². The smallest absolute Gasteiger partial charge is 0.267 e. The predicted molar refractivity (Wildman–Crippen MR) is 103 cm³/mol. The summed E-state index contributed by atoms with van der Waals surface area (Å²) in [5.74, 6) is -0.378. The second-order valence-electron chi connectivity index (χ2n) is 5.35. The summed E-state index contributed by atoms with van der Waals surface area (Å²) in [6, 6.07) is 11.5. The fourth-order valence-electron chi connectivity index (χ4n) is 2.14. The van der Waals surface area contributed by atoms with Crippen LogP contribution >= 0.6 is 23.1 Å². The number of hydrogen-bond acceptors (Lipinski definition) is 6. The Bertz CT molecular complexity index is 1050. The standard InChI is InChI=1S/C16H13ClN4O3S2/c1-26(23,24)21-12-7-10(17)6-11(8-12)19-16(22)15-9-14(20-25-15)13-4-2-3-5-18-13/h2-9,21H,1H3,(H,19,22). The van der Waals surface area contributed by atoms with E-state index in [2.05, 4.69) is 19.4 Å². The molecule has 2 heterocycles. The molecule has 0 aliphatic heterocycles. The molecule has 26 heavy (non-hydrogen) atoms. The van der Waals surface area contributed by atoms with Gasteiger partial charge in [0.05, 0.1) is 17.6 Å². The molecule has 134 valence electrons. The zero-order chi connectivity index (χ0) is 18.7. The average molecular weight is 409 g/mol. The number of hydrogen-bond donors (Lipinski definition) is 2. The summed E-state index contributed by atoms with van der Waals surface area (Å²) in [7, 11) is -3.45. The monoisotopic (exact) mass is 408 g/mol. The molecule has 0 aliphatic carbocycles. The van der Waals surface area contributed by atoms with Crippen LogP contribution < -0.4 is 10.0 Å². The summed E-state index contributed by atoms with van der Waals surface area (Å²) in [6.07, 6.45) is 2.68. The molecule has 0 fully saturated rings. The van der Waals surface area contributed by atoms with Gasteiger partial charge in [-0.2, -0.15) is 4.37 Å². The number of benzene rings is 1. The molecule has 3 aromatic rings. The molecule has 1 amide bonds. The molecule has 10 heteroatoms. The van der Waals surface area contributed by atoms with E-state index in [1.807, 2.05) is 6.07 Å². The zero-order valence-electron chi connectivity index (χ0n) is 13.4. The van der Waals surface area contributed by atoms with Crippen molar-refractivity contribution >= 4 is 50.4 Å². The second-order valence-corrected chi connectivity index (χ2v) is 8.34. The number of anilines is 2. The van der Waals surface area contributed by atoms with Gasteiger partial charge in [-0.15, -0.1) is 0 Å². The average Bonchev–Trinajstić information content (AvgIpc) is 3.03. The Hall–Kier alpha value is -2.49. The molecule has 0 saturated heterocycles. The first kappa shape index (κ1) is 18.3. The number of carbonyl (C=O) groups excluding carboxylic acids is 1. The SMILES string of the molecule is CS(=O)(=O)Nc1cc(Cl)cc(NC(=O)c2cc(-c3ccccn3)ns2)c1. The van der Waals surface area contributed by atoms with Gasteiger partial charge in [0.15, 0.2) is 0 Å². The largest absolute Gasteiger partial charge is 0.321 e. The maximum absolute atomic E-state index is 12.4. The highest BCUT2D eigenvalue weighted by atomic mass is 35.5. The van der Waals surface area contributed by atoms with Crippen molar-refractivity contribution in [1.29, 1.82) is 0 Å². The highest BCUT2D eigenvalue weighted by Gasteiger charge is 2.14. The van der Waals surface area contributed by atoms with E-state index in [4.69, 9.17) is 11.6 Å². The molecule has 0 radical (unpaired) electrons. The van der Waals surface area contributed by atoms with Crippen LogP contribution in [-0.2, 0) is 10.0 Å². The minimum Gasteiger partial charge on any atom is -0.321 e. The summed E-state index contributed by atoms with van der Waals surface area (Å²) in [4.78, 5) is 17.0. The normalized spacial score (nSPS) is 11.2. The van der Waals surface area contributed by atoms with Crippen molar-refractivity contribution in [3.8, 4) is 11.4 Å². The van der Waals surface area contributed by atoms with E-state index in [0.717, 1.165) is 17.8 Å². The number of pyridine rings is 1. The lowest BCUT2D eigenvalue weighted by atomic mass is 10.2. The molecule has 0 unspecified atom stereocenters. The number of halogens is 1. The van der Waals surface area contributed by atoms with Gasteiger partial charge in [-0.1, -0.05) is 17.7 Å². The fourth-order valence-corrected chi connectivity index (χ4v) is 3.57. The van der Waals surface area contributed by atoms with Crippen LogP contribution in [0.3, 0.4) is 0 Å². The minimum atomic E-state index is -3.45. The van der Waals surface area contributed by atoms with Gasteiger partial charge >= 0.3 is 0 Å². The van der Waals surface area contributed by atoms with Crippen LogP contribution in [0.2, 0.25) is 5.02 Å². The van der Waals surface area contributed by atoms with Crippen molar-refractivity contribution in [2.24, 2.45) is 0 Å². The minimum absolute atomic E-state index is 0.258. The lowest BCUT2D eigenvalue weighted by Crippen LogP contribution is -2.12. The number of nitrogens with zero attached hydrogens (tertiary/aromatic N) is 2. The maximum Gasteiger partial charge on any atom is 0.267 e. The Morgan fingerprint density at radius 2 is 1.88 bits per heavy atom. The van der Waals surface area contributed by atoms with Gasteiger partial charge in [-0.25, -0.2) is 8.42 Å². The maximum atomic E-state index is 12.4. The number of carbonyl (C=O) groups is 1. The third-order valence-corrected chi connectivity index (χ3v) is 4.73. The highest BCUT2D eigenvalue weighted by molar-refractivity contribution is 7.92. The first-order chi connectivity index (χ1) is 12.3. The highest BCUT2D eigenvalue weighted by Crippen LogP contribution is 2.25. The van der Waals surface area contributed by atoms with E-state index in [-0.39, 0.29) is 16.6 Å². The van der Waals surface area contributed by atoms with Gasteiger partial charge in [-0.05, 0) is 47.9 Å².